The zero-order valence-electron chi connectivity index (χ0n) is 15.3. The molecule has 4 rings (SSSR count). The lowest BCUT2D eigenvalue weighted by Gasteiger charge is -2.15. The fourth-order valence-electron chi connectivity index (χ4n) is 3.01. The van der Waals surface area contributed by atoms with E-state index in [2.05, 4.69) is 32.1 Å². The van der Waals surface area contributed by atoms with E-state index in [1.54, 1.807) is 25.6 Å². The Labute approximate surface area is 161 Å². The van der Waals surface area contributed by atoms with Crippen molar-refractivity contribution in [1.29, 1.82) is 0 Å². The molecule has 0 N–H and O–H groups in total. The summed E-state index contributed by atoms with van der Waals surface area (Å²) in [6.45, 7) is 2.44. The van der Waals surface area contributed by atoms with E-state index in [1.807, 2.05) is 37.3 Å². The maximum atomic E-state index is 5.70. The summed E-state index contributed by atoms with van der Waals surface area (Å²) in [5.41, 5.74) is 2.99. The molecule has 2 aromatic heterocycles. The third-order valence-electron chi connectivity index (χ3n) is 4.23. The van der Waals surface area contributed by atoms with Gasteiger partial charge in [-0.1, -0.05) is 30.3 Å². The number of methoxy groups -OCH3 is 2. The first-order valence-electron chi connectivity index (χ1n) is 8.54. The lowest BCUT2D eigenvalue weighted by Crippen LogP contribution is -2.00. The van der Waals surface area contributed by atoms with Crippen LogP contribution in [0.2, 0.25) is 0 Å². The Kier molecular flexibility index (Phi) is 4.68. The van der Waals surface area contributed by atoms with Crippen molar-refractivity contribution in [3.8, 4) is 39.9 Å². The zero-order chi connectivity index (χ0) is 18.8. The highest BCUT2D eigenvalue weighted by Gasteiger charge is 2.20. The number of thiazole rings is 1. The first-order chi connectivity index (χ1) is 13.3. The van der Waals surface area contributed by atoms with Gasteiger partial charge in [0.05, 0.1) is 26.5 Å². The summed E-state index contributed by atoms with van der Waals surface area (Å²) >= 11 is 1.56. The van der Waals surface area contributed by atoms with Crippen molar-refractivity contribution in [2.75, 3.05) is 20.8 Å². The van der Waals surface area contributed by atoms with Crippen molar-refractivity contribution in [2.24, 2.45) is 0 Å². The molecule has 0 bridgehead atoms. The second-order valence-electron chi connectivity index (χ2n) is 5.77. The van der Waals surface area contributed by atoms with Crippen LogP contribution in [-0.4, -0.2) is 35.4 Å². The van der Waals surface area contributed by atoms with Crippen molar-refractivity contribution >= 4 is 16.3 Å². The largest absolute Gasteiger partial charge is 0.493 e. The van der Waals surface area contributed by atoms with Crippen LogP contribution in [0, 0.1) is 0 Å². The van der Waals surface area contributed by atoms with E-state index >= 15 is 0 Å². The Balaban J connectivity index is 1.92. The number of rotatable bonds is 6. The van der Waals surface area contributed by atoms with Gasteiger partial charge in [0.15, 0.2) is 17.3 Å². The number of hydrogen-bond donors (Lipinski definition) is 0. The fraction of sp³-hybridized carbons (Fsp3) is 0.200. The van der Waals surface area contributed by atoms with E-state index in [9.17, 15) is 0 Å². The predicted molar refractivity (Wildman–Crippen MR) is 106 cm³/mol. The Hall–Kier alpha value is -3.06. The highest BCUT2D eigenvalue weighted by atomic mass is 32.1. The molecule has 0 aliphatic heterocycles. The maximum Gasteiger partial charge on any atom is 0.216 e. The molecule has 0 saturated heterocycles. The lowest BCUT2D eigenvalue weighted by atomic mass is 10.1. The van der Waals surface area contributed by atoms with Crippen LogP contribution in [0.15, 0.2) is 47.8 Å². The minimum Gasteiger partial charge on any atom is -0.493 e. The molecular weight excluding hydrogens is 362 g/mol. The Morgan fingerprint density at radius 3 is 2.30 bits per heavy atom. The van der Waals surface area contributed by atoms with Gasteiger partial charge >= 0.3 is 0 Å². The molecule has 0 aliphatic carbocycles. The molecule has 27 heavy (non-hydrogen) atoms. The van der Waals surface area contributed by atoms with E-state index in [0.29, 0.717) is 23.9 Å². The first kappa shape index (κ1) is 17.4. The third-order valence-corrected chi connectivity index (χ3v) is 5.04. The van der Waals surface area contributed by atoms with Gasteiger partial charge in [-0.05, 0) is 24.6 Å². The molecule has 138 valence electrons. The normalized spacial score (nSPS) is 10.9. The Bertz CT molecular complexity index is 1050. The Morgan fingerprint density at radius 2 is 1.67 bits per heavy atom. The van der Waals surface area contributed by atoms with Crippen molar-refractivity contribution in [2.45, 2.75) is 6.92 Å². The van der Waals surface area contributed by atoms with Gasteiger partial charge < -0.3 is 14.2 Å². The average Bonchev–Trinajstić information content (AvgIpc) is 3.31. The van der Waals surface area contributed by atoms with Crippen LogP contribution in [0.1, 0.15) is 6.92 Å². The summed E-state index contributed by atoms with van der Waals surface area (Å²) in [4.78, 5) is 0.829. The quantitative estimate of drug-likeness (QED) is 0.491. The van der Waals surface area contributed by atoms with Gasteiger partial charge in [0.25, 0.3) is 0 Å². The van der Waals surface area contributed by atoms with Gasteiger partial charge in [-0.15, -0.1) is 21.5 Å². The molecule has 0 radical (unpaired) electrons. The van der Waals surface area contributed by atoms with Gasteiger partial charge in [-0.2, -0.15) is 0 Å². The molecule has 0 fully saturated rings. The smallest absolute Gasteiger partial charge is 0.216 e. The summed E-state index contributed by atoms with van der Waals surface area (Å²) in [6, 6.07) is 14.0. The summed E-state index contributed by atoms with van der Waals surface area (Å²) < 4.78 is 18.8. The zero-order valence-corrected chi connectivity index (χ0v) is 16.1. The number of hydrogen-bond acceptors (Lipinski definition) is 6. The molecule has 7 heteroatoms. The summed E-state index contributed by atoms with van der Waals surface area (Å²) in [5, 5.41) is 10.8. The second kappa shape index (κ2) is 7.28. The summed E-state index contributed by atoms with van der Waals surface area (Å²) in [6.07, 6.45) is 0. The molecular formula is C20H19N3O3S. The standard InChI is InChI=1S/C20H19N3O3S/c1-4-26-18-16(24-2)10-14(11-17(18)25-3)19-21-22-20-23(19)15(12-27-20)13-8-6-5-7-9-13/h5-12H,4H2,1-3H3. The molecule has 2 aromatic carbocycles. The molecule has 2 heterocycles. The van der Waals surface area contributed by atoms with E-state index in [0.717, 1.165) is 27.6 Å². The average molecular weight is 381 g/mol. The van der Waals surface area contributed by atoms with Gasteiger partial charge in [0, 0.05) is 10.9 Å². The topological polar surface area (TPSA) is 57.9 Å². The summed E-state index contributed by atoms with van der Waals surface area (Å²) in [7, 11) is 3.22. The van der Waals surface area contributed by atoms with Crippen LogP contribution in [0.5, 0.6) is 17.2 Å². The predicted octanol–water partition coefficient (Wildman–Crippen LogP) is 4.54. The Morgan fingerprint density at radius 1 is 0.963 bits per heavy atom. The molecule has 0 saturated carbocycles. The third kappa shape index (κ3) is 3.00. The number of fused-ring (bicyclic) bond motifs is 1. The van der Waals surface area contributed by atoms with Crippen LogP contribution in [0.25, 0.3) is 27.6 Å². The monoisotopic (exact) mass is 381 g/mol. The first-order valence-corrected chi connectivity index (χ1v) is 9.42. The highest BCUT2D eigenvalue weighted by Crippen LogP contribution is 2.42. The molecule has 0 aliphatic rings. The number of nitrogens with zero attached hydrogens (tertiary/aromatic N) is 3. The second-order valence-corrected chi connectivity index (χ2v) is 6.61. The van der Waals surface area contributed by atoms with Gasteiger partial charge in [-0.25, -0.2) is 0 Å². The highest BCUT2D eigenvalue weighted by molar-refractivity contribution is 7.15. The maximum absolute atomic E-state index is 5.70. The van der Waals surface area contributed by atoms with Crippen LogP contribution < -0.4 is 14.2 Å². The van der Waals surface area contributed by atoms with Crippen LogP contribution in [-0.2, 0) is 0 Å². The van der Waals surface area contributed by atoms with E-state index in [4.69, 9.17) is 14.2 Å². The van der Waals surface area contributed by atoms with Gasteiger partial charge in [0.1, 0.15) is 0 Å². The van der Waals surface area contributed by atoms with Crippen LogP contribution in [0.3, 0.4) is 0 Å². The van der Waals surface area contributed by atoms with Gasteiger partial charge in [0.2, 0.25) is 10.7 Å². The SMILES string of the molecule is CCOc1c(OC)cc(-c2nnc3scc(-c4ccccc4)n23)cc1OC. The van der Waals surface area contributed by atoms with Crippen molar-refractivity contribution in [3.63, 3.8) is 0 Å². The van der Waals surface area contributed by atoms with Gasteiger partial charge in [-0.3, -0.25) is 4.40 Å². The molecule has 0 spiro atoms. The molecule has 6 nitrogen and oxygen atoms in total. The molecule has 0 atom stereocenters. The minimum atomic E-state index is 0.518. The minimum absolute atomic E-state index is 0.518. The number of benzene rings is 2. The van der Waals surface area contributed by atoms with Crippen molar-refractivity contribution < 1.29 is 14.2 Å². The van der Waals surface area contributed by atoms with E-state index < -0.39 is 0 Å². The molecule has 0 amide bonds. The fourth-order valence-corrected chi connectivity index (χ4v) is 3.85. The number of aromatic nitrogens is 3. The molecule has 4 aromatic rings. The van der Waals surface area contributed by atoms with Crippen molar-refractivity contribution in [3.05, 3.63) is 47.8 Å². The van der Waals surface area contributed by atoms with E-state index in [1.165, 1.54) is 0 Å². The lowest BCUT2D eigenvalue weighted by molar-refractivity contribution is 0.288. The van der Waals surface area contributed by atoms with Crippen molar-refractivity contribution in [1.82, 2.24) is 14.6 Å². The van der Waals surface area contributed by atoms with E-state index in [-0.39, 0.29) is 0 Å². The summed E-state index contributed by atoms with van der Waals surface area (Å²) in [5.74, 6) is 2.50. The molecule has 0 unspecified atom stereocenters. The van der Waals surface area contributed by atoms with Crippen LogP contribution in [0.4, 0.5) is 0 Å². The van der Waals surface area contributed by atoms with Crippen LogP contribution >= 0.6 is 11.3 Å². The number of ether oxygens (including phenoxy) is 3.